The molecule has 3 aromatic carbocycles. The van der Waals surface area contributed by atoms with Crippen LogP contribution < -0.4 is 9.62 Å². The van der Waals surface area contributed by atoms with Gasteiger partial charge in [-0.2, -0.15) is 13.2 Å². The number of carbonyl (C=O) groups is 2. The van der Waals surface area contributed by atoms with Crippen LogP contribution in [0.15, 0.2) is 83.3 Å². The number of sulfonamides is 1. The van der Waals surface area contributed by atoms with Gasteiger partial charge < -0.3 is 10.2 Å². The van der Waals surface area contributed by atoms with E-state index in [1.54, 1.807) is 50.2 Å². The smallest absolute Gasteiger partial charge is 0.352 e. The van der Waals surface area contributed by atoms with Crippen LogP contribution in [0.1, 0.15) is 30.5 Å². The number of nitrogens with zero attached hydrogens (tertiary/aromatic N) is 2. The van der Waals surface area contributed by atoms with Gasteiger partial charge in [-0.15, -0.1) is 0 Å². The van der Waals surface area contributed by atoms with Crippen LogP contribution in [0.4, 0.5) is 18.9 Å². The van der Waals surface area contributed by atoms with E-state index < -0.39 is 46.2 Å². The lowest BCUT2D eigenvalue weighted by atomic mass is 10.0. The standard InChI is InChI=1S/C29H31BrF3N3O4S/c1-20(2)34-28(38)26(16-21-8-5-4-6-9-21)35(18-22-12-14-24(30)15-13-22)27(37)19-36(41(3,39)40)25-11-7-10-23(17-25)29(31,32)33/h4-15,17,20,26H,16,18-19H2,1-3H3,(H,34,38)/t26-/m0/s1. The lowest BCUT2D eigenvalue weighted by Gasteiger charge is -2.34. The monoisotopic (exact) mass is 653 g/mol. The number of hydrogen-bond acceptors (Lipinski definition) is 4. The zero-order chi connectivity index (χ0) is 30.4. The highest BCUT2D eigenvalue weighted by Crippen LogP contribution is 2.32. The molecule has 0 aliphatic carbocycles. The van der Waals surface area contributed by atoms with Crippen LogP contribution in [0, 0.1) is 0 Å². The lowest BCUT2D eigenvalue weighted by Crippen LogP contribution is -2.54. The van der Waals surface area contributed by atoms with Gasteiger partial charge in [-0.1, -0.05) is 64.5 Å². The van der Waals surface area contributed by atoms with Gasteiger partial charge in [0.05, 0.1) is 17.5 Å². The fourth-order valence-corrected chi connectivity index (χ4v) is 5.28. The second-order valence-corrected chi connectivity index (χ2v) is 12.7. The molecule has 1 N–H and O–H groups in total. The number of hydrogen-bond donors (Lipinski definition) is 1. The van der Waals surface area contributed by atoms with Gasteiger partial charge in [0.25, 0.3) is 0 Å². The zero-order valence-electron chi connectivity index (χ0n) is 22.7. The van der Waals surface area contributed by atoms with Gasteiger partial charge in [-0.05, 0) is 55.3 Å². The van der Waals surface area contributed by atoms with Crippen molar-refractivity contribution in [1.82, 2.24) is 10.2 Å². The minimum Gasteiger partial charge on any atom is -0.352 e. The van der Waals surface area contributed by atoms with Crippen LogP contribution in [0.5, 0.6) is 0 Å². The normalized spacial score (nSPS) is 12.6. The third kappa shape index (κ3) is 9.32. The second kappa shape index (κ2) is 13.5. The molecule has 0 aromatic heterocycles. The molecule has 0 spiro atoms. The predicted molar refractivity (Wildman–Crippen MR) is 156 cm³/mol. The van der Waals surface area contributed by atoms with Gasteiger partial charge in [0.15, 0.2) is 0 Å². The molecule has 3 aromatic rings. The van der Waals surface area contributed by atoms with Crippen molar-refractivity contribution >= 4 is 43.5 Å². The summed E-state index contributed by atoms with van der Waals surface area (Å²) in [5.74, 6) is -1.20. The topological polar surface area (TPSA) is 86.8 Å². The van der Waals surface area contributed by atoms with Gasteiger partial charge in [0.1, 0.15) is 12.6 Å². The summed E-state index contributed by atoms with van der Waals surface area (Å²) in [5.41, 5.74) is 0.0661. The highest BCUT2D eigenvalue weighted by molar-refractivity contribution is 9.10. The Hall–Kier alpha value is -3.38. The predicted octanol–water partition coefficient (Wildman–Crippen LogP) is 5.40. The second-order valence-electron chi connectivity index (χ2n) is 9.83. The summed E-state index contributed by atoms with van der Waals surface area (Å²) < 4.78 is 67.2. The van der Waals surface area contributed by atoms with Gasteiger partial charge in [0, 0.05) is 23.5 Å². The molecular formula is C29H31BrF3N3O4S. The largest absolute Gasteiger partial charge is 0.416 e. The summed E-state index contributed by atoms with van der Waals surface area (Å²) in [6, 6.07) is 18.6. The molecule has 0 fully saturated rings. The fraction of sp³-hybridized carbons (Fsp3) is 0.310. The molecule has 41 heavy (non-hydrogen) atoms. The van der Waals surface area contributed by atoms with Crippen LogP contribution in [-0.4, -0.2) is 50.0 Å². The fourth-order valence-electron chi connectivity index (χ4n) is 4.17. The molecular weight excluding hydrogens is 623 g/mol. The molecule has 0 unspecified atom stereocenters. The number of amides is 2. The molecule has 0 saturated heterocycles. The number of rotatable bonds is 11. The number of nitrogens with one attached hydrogen (secondary N) is 1. The lowest BCUT2D eigenvalue weighted by molar-refractivity contribution is -0.140. The summed E-state index contributed by atoms with van der Waals surface area (Å²) in [7, 11) is -4.20. The summed E-state index contributed by atoms with van der Waals surface area (Å²) >= 11 is 3.37. The molecule has 0 aliphatic heterocycles. The molecule has 0 bridgehead atoms. The van der Waals surface area contributed by atoms with Crippen molar-refractivity contribution in [2.45, 2.75) is 45.1 Å². The summed E-state index contributed by atoms with van der Waals surface area (Å²) in [6.45, 7) is 2.70. The zero-order valence-corrected chi connectivity index (χ0v) is 25.1. The third-order valence-corrected chi connectivity index (χ3v) is 7.78. The molecule has 0 saturated carbocycles. The summed E-state index contributed by atoms with van der Waals surface area (Å²) in [6.07, 6.45) is -3.77. The molecule has 220 valence electrons. The maximum absolute atomic E-state index is 14.0. The molecule has 0 aliphatic rings. The minimum absolute atomic E-state index is 0.0463. The highest BCUT2D eigenvalue weighted by Gasteiger charge is 2.35. The number of carbonyl (C=O) groups excluding carboxylic acids is 2. The number of benzene rings is 3. The number of anilines is 1. The van der Waals surface area contributed by atoms with E-state index in [0.29, 0.717) is 15.9 Å². The van der Waals surface area contributed by atoms with E-state index in [1.165, 1.54) is 11.0 Å². The summed E-state index contributed by atoms with van der Waals surface area (Å²) in [5, 5.41) is 2.84. The Morgan fingerprint density at radius 1 is 0.927 bits per heavy atom. The van der Waals surface area contributed by atoms with Crippen molar-refractivity contribution < 1.29 is 31.2 Å². The Morgan fingerprint density at radius 2 is 1.56 bits per heavy atom. The Labute approximate surface area is 246 Å². The SMILES string of the molecule is CC(C)NC(=O)[C@H](Cc1ccccc1)N(Cc1ccc(Br)cc1)C(=O)CN(c1cccc(C(F)(F)F)c1)S(C)(=O)=O. The van der Waals surface area contributed by atoms with Crippen molar-refractivity contribution in [1.29, 1.82) is 0 Å². The molecule has 7 nitrogen and oxygen atoms in total. The van der Waals surface area contributed by atoms with E-state index in [9.17, 15) is 31.2 Å². The van der Waals surface area contributed by atoms with Crippen molar-refractivity contribution in [3.63, 3.8) is 0 Å². The van der Waals surface area contributed by atoms with E-state index in [-0.39, 0.29) is 24.7 Å². The molecule has 3 rings (SSSR count). The van der Waals surface area contributed by atoms with Gasteiger partial charge in [0.2, 0.25) is 21.8 Å². The van der Waals surface area contributed by atoms with Crippen LogP contribution in [0.25, 0.3) is 0 Å². The van der Waals surface area contributed by atoms with Crippen LogP contribution >= 0.6 is 15.9 Å². The number of alkyl halides is 3. The quantitative estimate of drug-likeness (QED) is 0.300. The maximum atomic E-state index is 14.0. The van der Waals surface area contributed by atoms with Crippen LogP contribution in [-0.2, 0) is 38.8 Å². The maximum Gasteiger partial charge on any atom is 0.416 e. The Balaban J connectivity index is 2.07. The van der Waals surface area contributed by atoms with Crippen LogP contribution in [0.2, 0.25) is 0 Å². The molecule has 0 radical (unpaired) electrons. The first-order valence-electron chi connectivity index (χ1n) is 12.7. The first kappa shape index (κ1) is 32.1. The van der Waals surface area contributed by atoms with E-state index in [2.05, 4.69) is 21.2 Å². The Kier molecular flexibility index (Phi) is 10.6. The van der Waals surface area contributed by atoms with E-state index in [0.717, 1.165) is 28.4 Å². The summed E-state index contributed by atoms with van der Waals surface area (Å²) in [4.78, 5) is 28.7. The third-order valence-electron chi connectivity index (χ3n) is 6.11. The van der Waals surface area contributed by atoms with Crippen molar-refractivity contribution in [2.75, 3.05) is 17.1 Å². The molecule has 2 amide bonds. The van der Waals surface area contributed by atoms with Crippen molar-refractivity contribution in [2.24, 2.45) is 0 Å². The number of halogens is 4. The minimum atomic E-state index is -4.72. The molecule has 1 atom stereocenters. The highest BCUT2D eigenvalue weighted by atomic mass is 79.9. The Bertz CT molecular complexity index is 1450. The van der Waals surface area contributed by atoms with Gasteiger partial charge >= 0.3 is 6.18 Å². The van der Waals surface area contributed by atoms with Gasteiger partial charge in [-0.25, -0.2) is 8.42 Å². The van der Waals surface area contributed by atoms with Crippen LogP contribution in [0.3, 0.4) is 0 Å². The van der Waals surface area contributed by atoms with E-state index in [4.69, 9.17) is 0 Å². The first-order chi connectivity index (χ1) is 19.1. The van der Waals surface area contributed by atoms with Gasteiger partial charge in [-0.3, -0.25) is 13.9 Å². The average molecular weight is 655 g/mol. The molecule has 0 heterocycles. The van der Waals surface area contributed by atoms with Crippen molar-refractivity contribution in [3.05, 3.63) is 100 Å². The van der Waals surface area contributed by atoms with E-state index in [1.807, 2.05) is 18.2 Å². The van der Waals surface area contributed by atoms with E-state index >= 15 is 0 Å². The molecule has 12 heteroatoms. The first-order valence-corrected chi connectivity index (χ1v) is 15.3. The average Bonchev–Trinajstić information content (AvgIpc) is 2.89. The Morgan fingerprint density at radius 3 is 2.12 bits per heavy atom. The van der Waals surface area contributed by atoms with Crippen molar-refractivity contribution in [3.8, 4) is 0 Å².